The summed E-state index contributed by atoms with van der Waals surface area (Å²) in [5.41, 5.74) is 23.0. The average molecular weight is 1010 g/mol. The fraction of sp³-hybridized carbons (Fsp3) is 0.237. The highest BCUT2D eigenvalue weighted by atomic mass is 15.1. The molecule has 2 unspecified atom stereocenters. The van der Waals surface area contributed by atoms with Crippen LogP contribution in [0.3, 0.4) is 0 Å². The maximum absolute atomic E-state index is 2.57. The van der Waals surface area contributed by atoms with Crippen molar-refractivity contribution in [3.63, 3.8) is 0 Å². The number of anilines is 6. The van der Waals surface area contributed by atoms with Crippen LogP contribution in [0.1, 0.15) is 121 Å². The predicted molar refractivity (Wildman–Crippen MR) is 335 cm³/mol. The van der Waals surface area contributed by atoms with Gasteiger partial charge >= 0.3 is 0 Å². The van der Waals surface area contributed by atoms with E-state index < -0.39 is 0 Å². The fourth-order valence-corrected chi connectivity index (χ4v) is 13.9. The van der Waals surface area contributed by atoms with Gasteiger partial charge < -0.3 is 9.80 Å². The summed E-state index contributed by atoms with van der Waals surface area (Å²) in [6.07, 6.45) is 16.3. The second-order valence-electron chi connectivity index (χ2n) is 25.7. The van der Waals surface area contributed by atoms with E-state index in [1.807, 2.05) is 0 Å². The highest BCUT2D eigenvalue weighted by molar-refractivity contribution is 6.23. The van der Waals surface area contributed by atoms with E-state index in [0.717, 1.165) is 47.0 Å². The van der Waals surface area contributed by atoms with E-state index in [2.05, 4.69) is 297 Å². The molecule has 78 heavy (non-hydrogen) atoms. The Labute approximate surface area is 463 Å². The number of allylic oxidation sites excluding steroid dienone is 8. The maximum atomic E-state index is 2.57. The first-order valence-corrected chi connectivity index (χ1v) is 28.5. The molecule has 0 bridgehead atoms. The molecule has 0 spiro atoms. The normalized spacial score (nSPS) is 17.8. The Hall–Kier alpha value is -7.94. The molecule has 4 aliphatic carbocycles. The van der Waals surface area contributed by atoms with Gasteiger partial charge in [-0.05, 0) is 202 Å². The molecule has 2 nitrogen and oxygen atoms in total. The van der Waals surface area contributed by atoms with E-state index in [1.54, 1.807) is 0 Å². The minimum absolute atomic E-state index is 0.0356. The minimum atomic E-state index is -0.123. The largest absolute Gasteiger partial charge is 0.310 e. The quantitative estimate of drug-likeness (QED) is 0.140. The van der Waals surface area contributed by atoms with Crippen molar-refractivity contribution >= 4 is 61.2 Å². The van der Waals surface area contributed by atoms with Gasteiger partial charge in [-0.1, -0.05) is 209 Å². The van der Waals surface area contributed by atoms with E-state index in [-0.39, 0.29) is 21.7 Å². The monoisotopic (exact) mass is 1010 g/mol. The summed E-state index contributed by atoms with van der Waals surface area (Å²) < 4.78 is 0. The lowest BCUT2D eigenvalue weighted by molar-refractivity contribution is 0.394. The van der Waals surface area contributed by atoms with Gasteiger partial charge in [0.1, 0.15) is 0 Å². The molecule has 0 saturated heterocycles. The predicted octanol–water partition coefficient (Wildman–Crippen LogP) is 21.4. The van der Waals surface area contributed by atoms with Crippen LogP contribution in [0.25, 0.3) is 49.4 Å². The average Bonchev–Trinajstić information content (AvgIpc) is 3.92. The van der Waals surface area contributed by atoms with Gasteiger partial charge in [0.15, 0.2) is 0 Å². The number of nitrogens with zero attached hydrogens (tertiary/aromatic N) is 2. The second-order valence-corrected chi connectivity index (χ2v) is 25.7. The van der Waals surface area contributed by atoms with Crippen LogP contribution in [0, 0.1) is 5.92 Å². The number of hydrogen-bond donors (Lipinski definition) is 0. The van der Waals surface area contributed by atoms with Crippen molar-refractivity contribution < 1.29 is 0 Å². The van der Waals surface area contributed by atoms with Gasteiger partial charge in [0.25, 0.3) is 0 Å². The zero-order valence-electron chi connectivity index (χ0n) is 47.2. The standard InChI is InChI=1S/C76H72N2/c1-73(2,3)51-31-35-55(36-32-51)77(53-21-13-11-14-22-53)57-39-43-63-65(47-57)71(49-29-41-61-59-25-17-19-27-67(59)75(7,8)69(61)45-49)64-44-40-58(78(54-23-15-12-16-24-54)56-37-33-52(34-38-56)74(4,5)6)48-66(64)72(63)50-30-42-62-60-26-18-20-28-68(60)76(9,10)70(62)46-50/h11-17,19-25,27-48,59,67H,18,26H2,1-10H3. The summed E-state index contributed by atoms with van der Waals surface area (Å²) in [6, 6.07) is 69.9. The molecule has 0 heterocycles. The third-order valence-corrected chi connectivity index (χ3v) is 18.1. The topological polar surface area (TPSA) is 6.48 Å². The second kappa shape index (κ2) is 18.3. The van der Waals surface area contributed by atoms with Crippen molar-refractivity contribution in [3.05, 3.63) is 257 Å². The summed E-state index contributed by atoms with van der Waals surface area (Å²) in [5, 5.41) is 4.95. The summed E-state index contributed by atoms with van der Waals surface area (Å²) in [6.45, 7) is 23.5. The van der Waals surface area contributed by atoms with Crippen LogP contribution in [0.5, 0.6) is 0 Å². The molecular formula is C76H72N2. The van der Waals surface area contributed by atoms with Crippen molar-refractivity contribution in [2.45, 2.75) is 110 Å². The zero-order chi connectivity index (χ0) is 53.9. The molecule has 0 saturated carbocycles. The van der Waals surface area contributed by atoms with Crippen molar-refractivity contribution in [3.8, 4) is 22.3 Å². The van der Waals surface area contributed by atoms with Crippen molar-refractivity contribution in [1.29, 1.82) is 0 Å². The highest BCUT2D eigenvalue weighted by Gasteiger charge is 2.45. The van der Waals surface area contributed by atoms with E-state index in [9.17, 15) is 0 Å². The number of para-hydroxylation sites is 2. The summed E-state index contributed by atoms with van der Waals surface area (Å²) in [4.78, 5) is 4.89. The number of fused-ring (bicyclic) bond motifs is 7. The molecule has 2 heteroatoms. The van der Waals surface area contributed by atoms with Crippen LogP contribution in [0.4, 0.5) is 34.1 Å². The zero-order valence-corrected chi connectivity index (χ0v) is 47.2. The van der Waals surface area contributed by atoms with Crippen molar-refractivity contribution in [1.82, 2.24) is 0 Å². The molecule has 0 N–H and O–H groups in total. The number of hydrogen-bond acceptors (Lipinski definition) is 2. The van der Waals surface area contributed by atoms with Crippen LogP contribution in [0.2, 0.25) is 0 Å². The fourth-order valence-electron chi connectivity index (χ4n) is 13.9. The third-order valence-electron chi connectivity index (χ3n) is 18.1. The third kappa shape index (κ3) is 8.13. The van der Waals surface area contributed by atoms with Gasteiger partial charge in [-0.25, -0.2) is 0 Å². The molecule has 0 aliphatic heterocycles. The van der Waals surface area contributed by atoms with Gasteiger partial charge in [-0.15, -0.1) is 0 Å². The minimum Gasteiger partial charge on any atom is -0.310 e. The van der Waals surface area contributed by atoms with Crippen molar-refractivity contribution in [2.75, 3.05) is 9.80 Å². The Morgan fingerprint density at radius 1 is 0.449 bits per heavy atom. The van der Waals surface area contributed by atoms with Crippen LogP contribution in [0.15, 0.2) is 224 Å². The molecule has 9 aromatic carbocycles. The Balaban J connectivity index is 1.12. The van der Waals surface area contributed by atoms with Gasteiger partial charge in [0.2, 0.25) is 0 Å². The first-order valence-electron chi connectivity index (χ1n) is 28.5. The van der Waals surface area contributed by atoms with Gasteiger partial charge in [-0.3, -0.25) is 0 Å². The molecule has 0 amide bonds. The smallest absolute Gasteiger partial charge is 0.0468 e. The molecule has 9 aromatic rings. The Morgan fingerprint density at radius 3 is 1.45 bits per heavy atom. The van der Waals surface area contributed by atoms with Gasteiger partial charge in [0.05, 0.1) is 0 Å². The summed E-state index contributed by atoms with van der Waals surface area (Å²) >= 11 is 0. The lowest BCUT2D eigenvalue weighted by atomic mass is 9.74. The van der Waals surface area contributed by atoms with Gasteiger partial charge in [0, 0.05) is 45.5 Å². The van der Waals surface area contributed by atoms with E-state index in [4.69, 9.17) is 0 Å². The van der Waals surface area contributed by atoms with Crippen LogP contribution >= 0.6 is 0 Å². The maximum Gasteiger partial charge on any atom is 0.0468 e. The molecular weight excluding hydrogens is 941 g/mol. The Kier molecular flexibility index (Phi) is 11.7. The molecule has 2 atom stereocenters. The first-order chi connectivity index (χ1) is 37.5. The first kappa shape index (κ1) is 49.6. The SMILES string of the molecule is CC(C)(C)c1ccc(N(c2ccccc2)c2ccc3c(-c4ccc5c(c4)C(C)(C)C4C=CC=CC54)c4cc(N(c5ccccc5)c5ccc(C(C)(C)C)cc5)ccc4c(-c4ccc5c(c4)C(C)(C)C4=C5CCC=C4)c3c2)cc1. The molecule has 0 fully saturated rings. The Bertz CT molecular complexity index is 3960. The van der Waals surface area contributed by atoms with Gasteiger partial charge in [-0.2, -0.15) is 0 Å². The molecule has 13 rings (SSSR count). The van der Waals surface area contributed by atoms with Crippen molar-refractivity contribution in [2.24, 2.45) is 5.92 Å². The van der Waals surface area contributed by atoms with E-state index in [1.165, 1.54) is 88.3 Å². The molecule has 4 aliphatic rings. The number of rotatable bonds is 8. The number of benzene rings is 9. The lowest BCUT2D eigenvalue weighted by Crippen LogP contribution is -2.24. The Morgan fingerprint density at radius 2 is 0.923 bits per heavy atom. The molecule has 386 valence electrons. The van der Waals surface area contributed by atoms with Crippen LogP contribution in [-0.2, 0) is 21.7 Å². The molecule has 0 aromatic heterocycles. The summed E-state index contributed by atoms with van der Waals surface area (Å²) in [7, 11) is 0. The molecule has 0 radical (unpaired) electrons. The van der Waals surface area contributed by atoms with E-state index in [0.29, 0.717) is 11.8 Å². The van der Waals surface area contributed by atoms with Crippen LogP contribution in [-0.4, -0.2) is 0 Å². The van der Waals surface area contributed by atoms with Crippen LogP contribution < -0.4 is 9.80 Å². The lowest BCUT2D eigenvalue weighted by Gasteiger charge is -2.30. The highest BCUT2D eigenvalue weighted by Crippen LogP contribution is 2.56. The van der Waals surface area contributed by atoms with E-state index >= 15 is 0 Å². The summed E-state index contributed by atoms with van der Waals surface area (Å²) in [5.74, 6) is 0.771.